The highest BCUT2D eigenvalue weighted by Gasteiger charge is 2.38. The number of carboxylic acids is 1. The number of nitrogens with zero attached hydrogens (tertiary/aromatic N) is 1. The summed E-state index contributed by atoms with van der Waals surface area (Å²) in [6.07, 6.45) is -0.765. The van der Waals surface area contributed by atoms with Crippen LogP contribution in [0.4, 0.5) is 10.5 Å². The smallest absolute Gasteiger partial charge is 0.326 e. The first-order valence-electron chi connectivity index (χ1n) is 6.55. The first-order valence-corrected chi connectivity index (χ1v) is 6.55. The van der Waals surface area contributed by atoms with Crippen molar-refractivity contribution in [3.8, 4) is 5.75 Å². The number of hydrogen-bond acceptors (Lipinski definition) is 4. The van der Waals surface area contributed by atoms with Crippen LogP contribution in [0.5, 0.6) is 5.75 Å². The van der Waals surface area contributed by atoms with Crippen LogP contribution in [0.15, 0.2) is 18.2 Å². The normalized spacial score (nSPS) is 21.2. The average Bonchev–Trinajstić information content (AvgIpc) is 2.81. The molecule has 0 radical (unpaired) electrons. The van der Waals surface area contributed by atoms with E-state index in [0.717, 1.165) is 10.5 Å². The quantitative estimate of drug-likeness (QED) is 0.774. The summed E-state index contributed by atoms with van der Waals surface area (Å²) in [5.74, 6) is -0.416. The fraction of sp³-hybridized carbons (Fsp3) is 0.429. The van der Waals surface area contributed by atoms with Crippen molar-refractivity contribution < 1.29 is 24.5 Å². The van der Waals surface area contributed by atoms with Gasteiger partial charge in [-0.1, -0.05) is 0 Å². The summed E-state index contributed by atoms with van der Waals surface area (Å²) in [6.45, 7) is 1.85. The zero-order chi connectivity index (χ0) is 15.6. The second-order valence-corrected chi connectivity index (χ2v) is 5.01. The van der Waals surface area contributed by atoms with Gasteiger partial charge in [0.2, 0.25) is 0 Å². The molecule has 1 aromatic rings. The standard InChI is InChI=1S/C14H18N2O5/c1-8-5-9(3-4-12(8)21-2)15-14(20)16-7-10(17)6-11(16)13(18)19/h3-5,10-11,17H,6-7H2,1-2H3,(H,15,20)(H,18,19)/t10?,11-/m0/s1. The van der Waals surface area contributed by atoms with E-state index in [0.29, 0.717) is 11.4 Å². The molecule has 1 aromatic carbocycles. The van der Waals surface area contributed by atoms with Crippen LogP contribution in [0.3, 0.4) is 0 Å². The molecular formula is C14H18N2O5. The number of ether oxygens (including phenoxy) is 1. The van der Waals surface area contributed by atoms with Crippen LogP contribution in [0, 0.1) is 6.92 Å². The molecule has 0 saturated carbocycles. The minimum atomic E-state index is -1.12. The number of nitrogens with one attached hydrogen (secondary N) is 1. The van der Waals surface area contributed by atoms with Crippen molar-refractivity contribution in [1.29, 1.82) is 0 Å². The first-order chi connectivity index (χ1) is 9.92. The average molecular weight is 294 g/mol. The third-order valence-corrected chi connectivity index (χ3v) is 3.47. The molecule has 3 N–H and O–H groups in total. The minimum Gasteiger partial charge on any atom is -0.496 e. The molecule has 1 aliphatic rings. The Kier molecular flexibility index (Phi) is 4.32. The number of anilines is 1. The predicted molar refractivity (Wildman–Crippen MR) is 75.5 cm³/mol. The van der Waals surface area contributed by atoms with Gasteiger partial charge in [0.1, 0.15) is 11.8 Å². The van der Waals surface area contributed by atoms with E-state index >= 15 is 0 Å². The highest BCUT2D eigenvalue weighted by atomic mass is 16.5. The number of amides is 2. The maximum Gasteiger partial charge on any atom is 0.326 e. The number of methoxy groups -OCH3 is 1. The molecule has 1 saturated heterocycles. The van der Waals surface area contributed by atoms with Crippen LogP contribution >= 0.6 is 0 Å². The largest absolute Gasteiger partial charge is 0.496 e. The van der Waals surface area contributed by atoms with E-state index in [2.05, 4.69) is 5.32 Å². The van der Waals surface area contributed by atoms with E-state index in [4.69, 9.17) is 9.84 Å². The Balaban J connectivity index is 2.10. The molecule has 2 atom stereocenters. The Hall–Kier alpha value is -2.28. The van der Waals surface area contributed by atoms with Gasteiger partial charge >= 0.3 is 12.0 Å². The van der Waals surface area contributed by atoms with Crippen LogP contribution in [-0.2, 0) is 4.79 Å². The lowest BCUT2D eigenvalue weighted by Gasteiger charge is -2.21. The number of hydrogen-bond donors (Lipinski definition) is 3. The predicted octanol–water partition coefficient (Wildman–Crippen LogP) is 1.06. The lowest BCUT2D eigenvalue weighted by Crippen LogP contribution is -2.43. The van der Waals surface area contributed by atoms with Gasteiger partial charge in [-0.25, -0.2) is 9.59 Å². The highest BCUT2D eigenvalue weighted by molar-refractivity contribution is 5.93. The van der Waals surface area contributed by atoms with E-state index in [-0.39, 0.29) is 13.0 Å². The maximum absolute atomic E-state index is 12.2. The molecule has 7 nitrogen and oxygen atoms in total. The first kappa shape index (κ1) is 15.1. The Labute approximate surface area is 122 Å². The van der Waals surface area contributed by atoms with Crippen molar-refractivity contribution in [2.24, 2.45) is 0 Å². The molecule has 1 fully saturated rings. The van der Waals surface area contributed by atoms with Crippen molar-refractivity contribution in [1.82, 2.24) is 4.90 Å². The number of carbonyl (C=O) groups excluding carboxylic acids is 1. The second-order valence-electron chi connectivity index (χ2n) is 5.01. The van der Waals surface area contributed by atoms with Crippen molar-refractivity contribution in [3.63, 3.8) is 0 Å². The number of likely N-dealkylation sites (tertiary alicyclic amines) is 1. The lowest BCUT2D eigenvalue weighted by molar-refractivity contribution is -0.141. The number of carbonyl (C=O) groups is 2. The van der Waals surface area contributed by atoms with Gasteiger partial charge in [-0.2, -0.15) is 0 Å². The summed E-state index contributed by atoms with van der Waals surface area (Å²) in [5, 5.41) is 21.3. The van der Waals surface area contributed by atoms with Gasteiger partial charge in [0.15, 0.2) is 0 Å². The number of aliphatic hydroxyl groups excluding tert-OH is 1. The molecule has 2 amide bonds. The van der Waals surface area contributed by atoms with Crippen LogP contribution < -0.4 is 10.1 Å². The lowest BCUT2D eigenvalue weighted by atomic mass is 10.2. The van der Waals surface area contributed by atoms with Crippen molar-refractivity contribution in [3.05, 3.63) is 23.8 Å². The second kappa shape index (κ2) is 6.01. The van der Waals surface area contributed by atoms with E-state index in [1.807, 2.05) is 6.92 Å². The number of β-amino-alcohol motifs (C(OH)–C–C–N with tert-alkyl or cyclic N) is 1. The Morgan fingerprint density at radius 2 is 2.14 bits per heavy atom. The van der Waals surface area contributed by atoms with E-state index in [9.17, 15) is 14.7 Å². The molecule has 1 heterocycles. The van der Waals surface area contributed by atoms with Crippen LogP contribution in [0.25, 0.3) is 0 Å². The van der Waals surface area contributed by atoms with Crippen LogP contribution in [0.2, 0.25) is 0 Å². The molecule has 21 heavy (non-hydrogen) atoms. The van der Waals surface area contributed by atoms with Crippen LogP contribution in [0.1, 0.15) is 12.0 Å². The van der Waals surface area contributed by atoms with Gasteiger partial charge in [-0.3, -0.25) is 0 Å². The molecule has 0 spiro atoms. The molecule has 0 aromatic heterocycles. The summed E-state index contributed by atoms with van der Waals surface area (Å²) in [7, 11) is 1.56. The van der Waals surface area contributed by atoms with E-state index < -0.39 is 24.1 Å². The van der Waals surface area contributed by atoms with Crippen molar-refractivity contribution >= 4 is 17.7 Å². The fourth-order valence-electron chi connectivity index (χ4n) is 2.42. The number of benzene rings is 1. The number of rotatable bonds is 3. The Morgan fingerprint density at radius 3 is 2.71 bits per heavy atom. The van der Waals surface area contributed by atoms with Gasteiger partial charge in [0.25, 0.3) is 0 Å². The molecule has 7 heteroatoms. The molecule has 2 rings (SSSR count). The summed E-state index contributed by atoms with van der Waals surface area (Å²) in [6, 6.07) is 3.59. The third-order valence-electron chi connectivity index (χ3n) is 3.47. The molecule has 114 valence electrons. The SMILES string of the molecule is COc1ccc(NC(=O)N2CC(O)C[C@H]2C(=O)O)cc1C. The van der Waals surface area contributed by atoms with Crippen molar-refractivity contribution in [2.75, 3.05) is 19.0 Å². The van der Waals surface area contributed by atoms with Gasteiger partial charge in [-0.15, -0.1) is 0 Å². The maximum atomic E-state index is 12.2. The highest BCUT2D eigenvalue weighted by Crippen LogP contribution is 2.23. The monoisotopic (exact) mass is 294 g/mol. The molecule has 0 aliphatic carbocycles. The van der Waals surface area contributed by atoms with Crippen molar-refractivity contribution in [2.45, 2.75) is 25.5 Å². The summed E-state index contributed by atoms with van der Waals surface area (Å²) in [4.78, 5) is 24.4. The number of aryl methyl sites for hydroxylation is 1. The van der Waals surface area contributed by atoms with Gasteiger partial charge in [-0.05, 0) is 30.7 Å². The van der Waals surface area contributed by atoms with Gasteiger partial charge in [0, 0.05) is 18.7 Å². The summed E-state index contributed by atoms with van der Waals surface area (Å²) < 4.78 is 5.13. The number of aliphatic hydroxyl groups is 1. The number of aliphatic carboxylic acids is 1. The Morgan fingerprint density at radius 1 is 1.43 bits per heavy atom. The van der Waals surface area contributed by atoms with E-state index in [1.54, 1.807) is 25.3 Å². The molecular weight excluding hydrogens is 276 g/mol. The number of urea groups is 1. The summed E-state index contributed by atoms with van der Waals surface area (Å²) >= 11 is 0. The van der Waals surface area contributed by atoms with E-state index in [1.165, 1.54) is 0 Å². The molecule has 1 aliphatic heterocycles. The zero-order valence-corrected chi connectivity index (χ0v) is 11.9. The van der Waals surface area contributed by atoms with Gasteiger partial charge in [0.05, 0.1) is 13.2 Å². The van der Waals surface area contributed by atoms with Crippen LogP contribution in [-0.4, -0.2) is 52.9 Å². The topological polar surface area (TPSA) is 99.1 Å². The fourth-order valence-corrected chi connectivity index (χ4v) is 2.42. The van der Waals surface area contributed by atoms with Gasteiger partial charge < -0.3 is 25.2 Å². The third kappa shape index (κ3) is 3.25. The molecule has 1 unspecified atom stereocenters. The zero-order valence-electron chi connectivity index (χ0n) is 11.9. The Bertz CT molecular complexity index is 560. The summed E-state index contributed by atoms with van der Waals surface area (Å²) in [5.41, 5.74) is 1.40. The number of carboxylic acid groups (broad SMARTS) is 1. The minimum absolute atomic E-state index is 0.0118. The molecule has 0 bridgehead atoms.